The van der Waals surface area contributed by atoms with Gasteiger partial charge in [-0.25, -0.2) is 0 Å². The number of nitrogens with zero attached hydrogens (tertiary/aromatic N) is 1. The zero-order chi connectivity index (χ0) is 11.1. The van der Waals surface area contributed by atoms with E-state index in [1.165, 1.54) is 0 Å². The Labute approximate surface area is 86.6 Å². The van der Waals surface area contributed by atoms with Gasteiger partial charge in [0.05, 0.1) is 12.6 Å². The number of hydrogen-bond donors (Lipinski definition) is 3. The van der Waals surface area contributed by atoms with Crippen LogP contribution in [0.4, 0.5) is 0 Å². The minimum Gasteiger partial charge on any atom is -0.394 e. The van der Waals surface area contributed by atoms with E-state index in [2.05, 4.69) is 24.2 Å². The van der Waals surface area contributed by atoms with Crippen molar-refractivity contribution in [2.45, 2.75) is 33.7 Å². The number of rotatable bonds is 5. The Morgan fingerprint density at radius 2 is 1.93 bits per heavy atom. The molecule has 0 rings (SSSR count). The maximum atomic E-state index is 9.05. The van der Waals surface area contributed by atoms with Crippen molar-refractivity contribution in [1.82, 2.24) is 5.32 Å². The second kappa shape index (κ2) is 6.65. The Balaban J connectivity index is 4.01. The van der Waals surface area contributed by atoms with E-state index in [1.807, 2.05) is 13.8 Å². The van der Waals surface area contributed by atoms with Gasteiger partial charge in [-0.15, -0.1) is 0 Å². The van der Waals surface area contributed by atoms with E-state index < -0.39 is 0 Å². The van der Waals surface area contributed by atoms with Crippen LogP contribution in [0.5, 0.6) is 0 Å². The number of nitrogens with one attached hydrogen (secondary N) is 1. The number of nitrogens with two attached hydrogens (primary N) is 1. The van der Waals surface area contributed by atoms with Gasteiger partial charge in [-0.2, -0.15) is 0 Å². The lowest BCUT2D eigenvalue weighted by Crippen LogP contribution is -2.45. The standard InChI is InChI=1S/C10H23N3O/c1-7(2)5-12-10(11)13-9(6-14)8(3)4/h7-9,14H,5-6H2,1-4H3,(H3,11,12,13)/t9-/m1/s1. The van der Waals surface area contributed by atoms with Crippen LogP contribution in [-0.4, -0.2) is 30.3 Å². The summed E-state index contributed by atoms with van der Waals surface area (Å²) < 4.78 is 0. The zero-order valence-corrected chi connectivity index (χ0v) is 9.62. The van der Waals surface area contributed by atoms with E-state index in [1.54, 1.807) is 0 Å². The van der Waals surface area contributed by atoms with Crippen molar-refractivity contribution in [3.05, 3.63) is 0 Å². The highest BCUT2D eigenvalue weighted by molar-refractivity contribution is 5.78. The molecule has 1 atom stereocenters. The average Bonchev–Trinajstić information content (AvgIpc) is 2.10. The van der Waals surface area contributed by atoms with E-state index >= 15 is 0 Å². The van der Waals surface area contributed by atoms with Gasteiger partial charge >= 0.3 is 0 Å². The van der Waals surface area contributed by atoms with Crippen molar-refractivity contribution in [1.29, 1.82) is 0 Å². The predicted molar refractivity (Wildman–Crippen MR) is 60.2 cm³/mol. The Kier molecular flexibility index (Phi) is 6.28. The van der Waals surface area contributed by atoms with Gasteiger partial charge in [-0.05, 0) is 11.8 Å². The summed E-state index contributed by atoms with van der Waals surface area (Å²) in [6.45, 7) is 9.03. The lowest BCUT2D eigenvalue weighted by Gasteiger charge is -2.20. The predicted octanol–water partition coefficient (Wildman–Crippen LogP) is 0.564. The Hall–Kier alpha value is -0.770. The van der Waals surface area contributed by atoms with Crippen LogP contribution in [0.25, 0.3) is 0 Å². The summed E-state index contributed by atoms with van der Waals surface area (Å²) in [4.78, 5) is 4.17. The summed E-state index contributed by atoms with van der Waals surface area (Å²) in [6, 6.07) is -0.00841. The van der Waals surface area contributed by atoms with Crippen LogP contribution in [0.15, 0.2) is 4.99 Å². The van der Waals surface area contributed by atoms with Crippen molar-refractivity contribution >= 4 is 5.96 Å². The lowest BCUT2D eigenvalue weighted by atomic mass is 10.1. The number of aliphatic imine (C=N–C) groups is 1. The first kappa shape index (κ1) is 13.2. The molecule has 0 aromatic heterocycles. The van der Waals surface area contributed by atoms with Crippen LogP contribution in [0, 0.1) is 11.8 Å². The van der Waals surface area contributed by atoms with Crippen molar-refractivity contribution < 1.29 is 5.11 Å². The SMILES string of the molecule is CC(C)CN=C(N)N[C@H](CO)C(C)C. The first-order valence-electron chi connectivity index (χ1n) is 5.14. The normalized spacial score (nSPS) is 14.9. The molecule has 4 nitrogen and oxygen atoms in total. The van der Waals surface area contributed by atoms with E-state index in [0.717, 1.165) is 6.54 Å². The molecule has 0 heterocycles. The first-order chi connectivity index (χ1) is 6.47. The highest BCUT2D eigenvalue weighted by atomic mass is 16.3. The van der Waals surface area contributed by atoms with Gasteiger partial charge in [0.15, 0.2) is 5.96 Å². The molecule has 0 aromatic carbocycles. The van der Waals surface area contributed by atoms with Gasteiger partial charge in [0, 0.05) is 6.54 Å². The molecule has 0 aliphatic heterocycles. The molecule has 0 aromatic rings. The van der Waals surface area contributed by atoms with Gasteiger partial charge < -0.3 is 16.2 Å². The minimum absolute atomic E-state index is 0.00841. The molecule has 0 spiro atoms. The second-order valence-corrected chi connectivity index (χ2v) is 4.30. The van der Waals surface area contributed by atoms with Gasteiger partial charge in [-0.3, -0.25) is 4.99 Å². The molecule has 0 fully saturated rings. The van der Waals surface area contributed by atoms with Crippen molar-refractivity contribution in [2.24, 2.45) is 22.6 Å². The highest BCUT2D eigenvalue weighted by Crippen LogP contribution is 1.99. The first-order valence-corrected chi connectivity index (χ1v) is 5.14. The zero-order valence-electron chi connectivity index (χ0n) is 9.62. The maximum Gasteiger partial charge on any atom is 0.188 e. The van der Waals surface area contributed by atoms with Crippen molar-refractivity contribution in [3.63, 3.8) is 0 Å². The van der Waals surface area contributed by atoms with E-state index in [0.29, 0.717) is 17.8 Å². The Morgan fingerprint density at radius 1 is 1.36 bits per heavy atom. The fourth-order valence-electron chi connectivity index (χ4n) is 0.940. The summed E-state index contributed by atoms with van der Waals surface area (Å²) >= 11 is 0. The van der Waals surface area contributed by atoms with Gasteiger partial charge in [0.25, 0.3) is 0 Å². The molecule has 84 valence electrons. The smallest absolute Gasteiger partial charge is 0.188 e. The molecule has 0 aliphatic rings. The van der Waals surface area contributed by atoms with Crippen LogP contribution >= 0.6 is 0 Å². The van der Waals surface area contributed by atoms with Gasteiger partial charge in [0.2, 0.25) is 0 Å². The minimum atomic E-state index is -0.00841. The van der Waals surface area contributed by atoms with Crippen LogP contribution in [0.3, 0.4) is 0 Å². The summed E-state index contributed by atoms with van der Waals surface area (Å²) in [7, 11) is 0. The third-order valence-electron chi connectivity index (χ3n) is 1.96. The molecule has 0 radical (unpaired) electrons. The number of guanidine groups is 1. The molecule has 0 saturated heterocycles. The second-order valence-electron chi connectivity index (χ2n) is 4.30. The third-order valence-corrected chi connectivity index (χ3v) is 1.96. The van der Waals surface area contributed by atoms with E-state index in [-0.39, 0.29) is 12.6 Å². The summed E-state index contributed by atoms with van der Waals surface area (Å²) in [5.74, 6) is 1.27. The fourth-order valence-corrected chi connectivity index (χ4v) is 0.940. The quantitative estimate of drug-likeness (QED) is 0.450. The van der Waals surface area contributed by atoms with Crippen LogP contribution in [0.1, 0.15) is 27.7 Å². The molecule has 0 unspecified atom stereocenters. The largest absolute Gasteiger partial charge is 0.394 e. The number of hydrogen-bond acceptors (Lipinski definition) is 2. The Bertz CT molecular complexity index is 178. The number of aliphatic hydroxyl groups is 1. The molecule has 0 amide bonds. The van der Waals surface area contributed by atoms with Crippen LogP contribution in [0.2, 0.25) is 0 Å². The van der Waals surface area contributed by atoms with E-state index in [9.17, 15) is 0 Å². The van der Waals surface area contributed by atoms with Crippen molar-refractivity contribution in [3.8, 4) is 0 Å². The number of aliphatic hydroxyl groups excluding tert-OH is 1. The maximum absolute atomic E-state index is 9.05. The van der Waals surface area contributed by atoms with Crippen molar-refractivity contribution in [2.75, 3.05) is 13.2 Å². The molecular formula is C10H23N3O. The molecule has 0 bridgehead atoms. The highest BCUT2D eigenvalue weighted by Gasteiger charge is 2.11. The molecular weight excluding hydrogens is 178 g/mol. The summed E-state index contributed by atoms with van der Waals surface area (Å²) in [5, 5.41) is 12.0. The molecule has 0 aliphatic carbocycles. The monoisotopic (exact) mass is 201 g/mol. The van der Waals surface area contributed by atoms with Gasteiger partial charge in [0.1, 0.15) is 0 Å². The lowest BCUT2D eigenvalue weighted by molar-refractivity contribution is 0.226. The molecule has 4 N–H and O–H groups in total. The van der Waals surface area contributed by atoms with E-state index in [4.69, 9.17) is 10.8 Å². The average molecular weight is 201 g/mol. The molecule has 4 heteroatoms. The van der Waals surface area contributed by atoms with Crippen LogP contribution in [-0.2, 0) is 0 Å². The third kappa shape index (κ3) is 5.80. The molecule has 14 heavy (non-hydrogen) atoms. The summed E-state index contributed by atoms with van der Waals surface area (Å²) in [6.07, 6.45) is 0. The van der Waals surface area contributed by atoms with Crippen LogP contribution < -0.4 is 11.1 Å². The topological polar surface area (TPSA) is 70.6 Å². The molecule has 0 saturated carbocycles. The Morgan fingerprint density at radius 3 is 2.29 bits per heavy atom. The van der Waals surface area contributed by atoms with Gasteiger partial charge in [-0.1, -0.05) is 27.7 Å². The fraction of sp³-hybridized carbons (Fsp3) is 0.900. The summed E-state index contributed by atoms with van der Waals surface area (Å²) in [5.41, 5.74) is 5.66.